The number of aromatic nitrogens is 3. The lowest BCUT2D eigenvalue weighted by atomic mass is 10.0. The quantitative estimate of drug-likeness (QED) is 0.873. The van der Waals surface area contributed by atoms with Crippen molar-refractivity contribution in [1.29, 1.82) is 0 Å². The smallest absolute Gasteiger partial charge is 0.259 e. The molecule has 0 saturated carbocycles. The van der Waals surface area contributed by atoms with Crippen molar-refractivity contribution in [3.63, 3.8) is 0 Å². The summed E-state index contributed by atoms with van der Waals surface area (Å²) < 4.78 is 7.14. The maximum absolute atomic E-state index is 13.1. The van der Waals surface area contributed by atoms with Crippen LogP contribution in [0.4, 0.5) is 0 Å². The van der Waals surface area contributed by atoms with E-state index in [2.05, 4.69) is 17.2 Å². The van der Waals surface area contributed by atoms with Gasteiger partial charge >= 0.3 is 0 Å². The highest BCUT2D eigenvalue weighted by Crippen LogP contribution is 2.37. The zero-order chi connectivity index (χ0) is 16.7. The van der Waals surface area contributed by atoms with Crippen molar-refractivity contribution in [2.45, 2.75) is 53.0 Å². The molecule has 6 heteroatoms. The molecule has 2 aromatic rings. The van der Waals surface area contributed by atoms with E-state index in [0.717, 1.165) is 36.5 Å². The first kappa shape index (κ1) is 15.8. The molecule has 1 aliphatic heterocycles. The second kappa shape index (κ2) is 5.83. The van der Waals surface area contributed by atoms with Crippen LogP contribution < -0.4 is 0 Å². The summed E-state index contributed by atoms with van der Waals surface area (Å²) in [6.45, 7) is 8.66. The van der Waals surface area contributed by atoms with Crippen molar-refractivity contribution in [2.24, 2.45) is 7.05 Å². The Morgan fingerprint density at radius 1 is 1.35 bits per heavy atom. The van der Waals surface area contributed by atoms with Crippen molar-refractivity contribution in [2.75, 3.05) is 6.54 Å². The highest BCUT2D eigenvalue weighted by atomic mass is 16.5. The zero-order valence-electron chi connectivity index (χ0n) is 14.5. The van der Waals surface area contributed by atoms with Gasteiger partial charge in [-0.3, -0.25) is 9.48 Å². The molecule has 1 saturated heterocycles. The number of hydrogen-bond donors (Lipinski definition) is 0. The molecule has 3 heterocycles. The number of carbonyl (C=O) groups excluding carboxylic acids is 1. The molecule has 1 aliphatic rings. The van der Waals surface area contributed by atoms with E-state index in [-0.39, 0.29) is 11.9 Å². The Bertz CT molecular complexity index is 744. The van der Waals surface area contributed by atoms with Crippen LogP contribution in [0.3, 0.4) is 0 Å². The highest BCUT2D eigenvalue weighted by molar-refractivity contribution is 5.96. The van der Waals surface area contributed by atoms with E-state index in [9.17, 15) is 4.79 Å². The monoisotopic (exact) mass is 316 g/mol. The van der Waals surface area contributed by atoms with Crippen LogP contribution in [0, 0.1) is 20.8 Å². The van der Waals surface area contributed by atoms with Gasteiger partial charge in [0.2, 0.25) is 0 Å². The summed E-state index contributed by atoms with van der Waals surface area (Å²) in [5.74, 6) is 0.642. The molecule has 0 bridgehead atoms. The van der Waals surface area contributed by atoms with Crippen LogP contribution in [0.2, 0.25) is 0 Å². The number of nitrogens with zero attached hydrogens (tertiary/aromatic N) is 4. The topological polar surface area (TPSA) is 64.2 Å². The molecular weight excluding hydrogens is 292 g/mol. The van der Waals surface area contributed by atoms with E-state index >= 15 is 0 Å². The van der Waals surface area contributed by atoms with Gasteiger partial charge in [-0.05, 0) is 40.0 Å². The number of amides is 1. The molecular formula is C17H24N4O2. The molecule has 6 nitrogen and oxygen atoms in total. The van der Waals surface area contributed by atoms with Crippen LogP contribution in [0.25, 0.3) is 0 Å². The average Bonchev–Trinajstić information content (AvgIpc) is 3.18. The van der Waals surface area contributed by atoms with Crippen LogP contribution in [-0.2, 0) is 13.5 Å². The first-order valence-corrected chi connectivity index (χ1v) is 8.21. The third-order valence-corrected chi connectivity index (χ3v) is 4.89. The Morgan fingerprint density at radius 3 is 2.70 bits per heavy atom. The average molecular weight is 316 g/mol. The first-order chi connectivity index (χ1) is 11.0. The Kier molecular flexibility index (Phi) is 4.00. The molecule has 1 atom stereocenters. The van der Waals surface area contributed by atoms with Gasteiger partial charge in [0.15, 0.2) is 0 Å². The molecule has 1 fully saturated rings. The van der Waals surface area contributed by atoms with E-state index in [0.29, 0.717) is 17.7 Å². The number of rotatable bonds is 3. The van der Waals surface area contributed by atoms with E-state index < -0.39 is 0 Å². The minimum atomic E-state index is 0.0331. The summed E-state index contributed by atoms with van der Waals surface area (Å²) in [4.78, 5) is 15.1. The molecule has 124 valence electrons. The predicted octanol–water partition coefficient (Wildman–Crippen LogP) is 2.87. The van der Waals surface area contributed by atoms with Crippen molar-refractivity contribution in [1.82, 2.24) is 19.8 Å². The molecule has 0 aliphatic carbocycles. The Hall–Kier alpha value is -2.11. The summed E-state index contributed by atoms with van der Waals surface area (Å²) in [6, 6.07) is 0.0928. The van der Waals surface area contributed by atoms with Crippen LogP contribution in [0.15, 0.2) is 4.52 Å². The Morgan fingerprint density at radius 2 is 2.09 bits per heavy atom. The van der Waals surface area contributed by atoms with E-state index in [1.54, 1.807) is 0 Å². The number of carbonyl (C=O) groups is 1. The summed E-state index contributed by atoms with van der Waals surface area (Å²) in [5.41, 5.74) is 4.71. The van der Waals surface area contributed by atoms with Gasteiger partial charge in [-0.15, -0.1) is 0 Å². The lowest BCUT2D eigenvalue weighted by Crippen LogP contribution is -2.32. The van der Waals surface area contributed by atoms with Crippen LogP contribution >= 0.6 is 0 Å². The lowest BCUT2D eigenvalue weighted by molar-refractivity contribution is 0.0732. The van der Waals surface area contributed by atoms with Crippen molar-refractivity contribution < 1.29 is 9.32 Å². The van der Waals surface area contributed by atoms with Gasteiger partial charge in [0, 0.05) is 24.8 Å². The summed E-state index contributed by atoms with van der Waals surface area (Å²) in [6.07, 6.45) is 2.68. The fourth-order valence-corrected chi connectivity index (χ4v) is 3.66. The number of likely N-dealkylation sites (tertiary alicyclic amines) is 1. The van der Waals surface area contributed by atoms with Crippen molar-refractivity contribution in [3.05, 3.63) is 34.0 Å². The highest BCUT2D eigenvalue weighted by Gasteiger charge is 2.36. The molecule has 3 rings (SSSR count). The Labute approximate surface area is 136 Å². The Balaban J connectivity index is 1.99. The summed E-state index contributed by atoms with van der Waals surface area (Å²) in [7, 11) is 1.95. The van der Waals surface area contributed by atoms with Gasteiger partial charge in [0.1, 0.15) is 11.3 Å². The number of aryl methyl sites for hydroxylation is 4. The molecule has 0 spiro atoms. The minimum Gasteiger partial charge on any atom is -0.361 e. The van der Waals surface area contributed by atoms with Gasteiger partial charge in [-0.25, -0.2) is 0 Å². The molecule has 0 unspecified atom stereocenters. The maximum atomic E-state index is 13.1. The van der Waals surface area contributed by atoms with Gasteiger partial charge in [0.05, 0.1) is 17.4 Å². The van der Waals surface area contributed by atoms with Crippen LogP contribution in [0.5, 0.6) is 0 Å². The lowest BCUT2D eigenvalue weighted by Gasteiger charge is -2.25. The molecule has 1 amide bonds. The summed E-state index contributed by atoms with van der Waals surface area (Å²) in [5, 5.41) is 8.54. The summed E-state index contributed by atoms with van der Waals surface area (Å²) >= 11 is 0. The molecule has 2 aromatic heterocycles. The minimum absolute atomic E-state index is 0.0331. The standard InChI is InChI=1S/C17H24N4O2/c1-6-13-16(12(4)23-19-13)17(22)21-9-7-8-14(21)15-10(2)18-20(5)11(15)3/h14H,6-9H2,1-5H3/t14-/m1/s1. The van der Waals surface area contributed by atoms with Crippen LogP contribution in [0.1, 0.15) is 64.6 Å². The molecule has 0 radical (unpaired) electrons. The second-order valence-corrected chi connectivity index (χ2v) is 6.28. The van der Waals surface area contributed by atoms with Crippen molar-refractivity contribution in [3.8, 4) is 0 Å². The van der Waals surface area contributed by atoms with Gasteiger partial charge in [0.25, 0.3) is 5.91 Å². The third-order valence-electron chi connectivity index (χ3n) is 4.89. The zero-order valence-corrected chi connectivity index (χ0v) is 14.5. The van der Waals surface area contributed by atoms with Crippen LogP contribution in [-0.4, -0.2) is 32.3 Å². The van der Waals surface area contributed by atoms with E-state index in [1.165, 1.54) is 5.56 Å². The maximum Gasteiger partial charge on any atom is 0.259 e. The van der Waals surface area contributed by atoms with E-state index in [1.807, 2.05) is 37.4 Å². The largest absolute Gasteiger partial charge is 0.361 e. The SMILES string of the molecule is CCc1noc(C)c1C(=O)N1CCC[C@@H]1c1c(C)nn(C)c1C. The van der Waals surface area contributed by atoms with Gasteiger partial charge < -0.3 is 9.42 Å². The molecule has 0 aromatic carbocycles. The fraction of sp³-hybridized carbons (Fsp3) is 0.588. The van der Waals surface area contributed by atoms with Gasteiger partial charge in [-0.1, -0.05) is 12.1 Å². The van der Waals surface area contributed by atoms with Gasteiger partial charge in [-0.2, -0.15) is 5.10 Å². The third kappa shape index (κ3) is 2.46. The first-order valence-electron chi connectivity index (χ1n) is 8.21. The second-order valence-electron chi connectivity index (χ2n) is 6.28. The number of hydrogen-bond acceptors (Lipinski definition) is 4. The van der Waals surface area contributed by atoms with Crippen molar-refractivity contribution >= 4 is 5.91 Å². The fourth-order valence-electron chi connectivity index (χ4n) is 3.66. The molecule has 23 heavy (non-hydrogen) atoms. The molecule has 0 N–H and O–H groups in total. The van der Waals surface area contributed by atoms with E-state index in [4.69, 9.17) is 4.52 Å². The predicted molar refractivity (Wildman–Crippen MR) is 86.3 cm³/mol. The normalized spacial score (nSPS) is 18.0.